The highest BCUT2D eigenvalue weighted by Crippen LogP contribution is 2.41. The number of rotatable bonds is 0. The fourth-order valence-electron chi connectivity index (χ4n) is 2.60. The van der Waals surface area contributed by atoms with Crippen LogP contribution in [0.15, 0.2) is 41.3 Å². The van der Waals surface area contributed by atoms with Gasteiger partial charge in [-0.2, -0.15) is 5.26 Å². The molecule has 94 valence electrons. The molecule has 0 spiro atoms. The van der Waals surface area contributed by atoms with Crippen LogP contribution in [-0.4, -0.2) is 0 Å². The largest absolute Gasteiger partial charge is 0.206 e. The molecule has 0 radical (unpaired) electrons. The maximum atomic E-state index is 13.7. The highest BCUT2D eigenvalue weighted by atomic mass is 32.2. The molecule has 2 aromatic rings. The van der Waals surface area contributed by atoms with E-state index in [1.165, 1.54) is 16.5 Å². The van der Waals surface area contributed by atoms with Gasteiger partial charge in [-0.1, -0.05) is 31.2 Å². The lowest BCUT2D eigenvalue weighted by Gasteiger charge is -2.15. The Balaban J connectivity index is 2.23. The van der Waals surface area contributed by atoms with Crippen LogP contribution in [0.4, 0.5) is 4.39 Å². The van der Waals surface area contributed by atoms with Crippen LogP contribution in [0.1, 0.15) is 35.1 Å². The van der Waals surface area contributed by atoms with Crippen molar-refractivity contribution in [3.05, 3.63) is 64.5 Å². The standard InChI is InChI=1S/C16H12FNS/c1-10-11-6-7-15(17)13(8-18)14(11)9-19-16-5-3-2-4-12(10)16/h2-7,10H,9H2,1H3. The van der Waals surface area contributed by atoms with Crippen molar-refractivity contribution in [2.24, 2.45) is 0 Å². The van der Waals surface area contributed by atoms with E-state index in [9.17, 15) is 9.65 Å². The summed E-state index contributed by atoms with van der Waals surface area (Å²) in [6.07, 6.45) is 0. The molecular formula is C16H12FNS. The fourth-order valence-corrected chi connectivity index (χ4v) is 3.80. The molecule has 1 unspecified atom stereocenters. The molecule has 0 saturated carbocycles. The summed E-state index contributed by atoms with van der Waals surface area (Å²) < 4.78 is 13.7. The number of benzene rings is 2. The number of nitriles is 1. The van der Waals surface area contributed by atoms with E-state index in [4.69, 9.17) is 0 Å². The van der Waals surface area contributed by atoms with Crippen LogP contribution >= 0.6 is 11.8 Å². The monoisotopic (exact) mass is 269 g/mol. The minimum atomic E-state index is -0.417. The van der Waals surface area contributed by atoms with Gasteiger partial charge in [0.2, 0.25) is 0 Å². The van der Waals surface area contributed by atoms with E-state index in [0.29, 0.717) is 5.75 Å². The van der Waals surface area contributed by atoms with E-state index in [0.717, 1.165) is 11.1 Å². The summed E-state index contributed by atoms with van der Waals surface area (Å²) in [7, 11) is 0. The predicted molar refractivity (Wildman–Crippen MR) is 74.6 cm³/mol. The van der Waals surface area contributed by atoms with Gasteiger partial charge in [0.15, 0.2) is 0 Å². The first-order valence-corrected chi connectivity index (χ1v) is 7.14. The van der Waals surface area contributed by atoms with Crippen LogP contribution in [0.2, 0.25) is 0 Å². The van der Waals surface area contributed by atoms with Gasteiger partial charge in [-0.15, -0.1) is 11.8 Å². The number of hydrogen-bond donors (Lipinski definition) is 0. The van der Waals surface area contributed by atoms with Gasteiger partial charge >= 0.3 is 0 Å². The van der Waals surface area contributed by atoms with Crippen molar-refractivity contribution in [3.63, 3.8) is 0 Å². The molecule has 3 heteroatoms. The second-order valence-corrected chi connectivity index (χ2v) is 5.67. The van der Waals surface area contributed by atoms with Crippen molar-refractivity contribution < 1.29 is 4.39 Å². The van der Waals surface area contributed by atoms with Gasteiger partial charge in [-0.05, 0) is 28.8 Å². The van der Waals surface area contributed by atoms with E-state index in [1.54, 1.807) is 11.8 Å². The molecule has 3 rings (SSSR count). The first kappa shape index (κ1) is 12.3. The number of thioether (sulfide) groups is 1. The first-order valence-electron chi connectivity index (χ1n) is 6.15. The van der Waals surface area contributed by atoms with Crippen LogP contribution < -0.4 is 0 Å². The van der Waals surface area contributed by atoms with Gasteiger partial charge in [-0.3, -0.25) is 0 Å². The van der Waals surface area contributed by atoms with Crippen molar-refractivity contribution in [1.29, 1.82) is 5.26 Å². The minimum absolute atomic E-state index is 0.189. The topological polar surface area (TPSA) is 23.8 Å². The van der Waals surface area contributed by atoms with Crippen molar-refractivity contribution in [2.45, 2.75) is 23.5 Å². The Bertz CT molecular complexity index is 688. The lowest BCUT2D eigenvalue weighted by molar-refractivity contribution is 0.620. The molecule has 2 aromatic carbocycles. The molecule has 0 bridgehead atoms. The third kappa shape index (κ3) is 1.93. The second-order valence-electron chi connectivity index (χ2n) is 4.65. The predicted octanol–water partition coefficient (Wildman–Crippen LogP) is 4.45. The summed E-state index contributed by atoms with van der Waals surface area (Å²) in [6, 6.07) is 13.5. The number of fused-ring (bicyclic) bond motifs is 2. The van der Waals surface area contributed by atoms with Crippen molar-refractivity contribution in [3.8, 4) is 6.07 Å². The molecule has 1 heterocycles. The maximum absolute atomic E-state index is 13.7. The van der Waals surface area contributed by atoms with Gasteiger partial charge in [0.05, 0.1) is 5.56 Å². The lowest BCUT2D eigenvalue weighted by Crippen LogP contribution is -2.02. The third-order valence-electron chi connectivity index (χ3n) is 3.63. The van der Waals surface area contributed by atoms with E-state index in [1.807, 2.05) is 24.3 Å². The summed E-state index contributed by atoms with van der Waals surface area (Å²) in [4.78, 5) is 1.22. The zero-order chi connectivity index (χ0) is 13.4. The molecular weight excluding hydrogens is 257 g/mol. The Hall–Kier alpha value is -1.79. The molecule has 0 fully saturated rings. The summed E-state index contributed by atoms with van der Waals surface area (Å²) >= 11 is 1.68. The molecule has 1 nitrogen and oxygen atoms in total. The average molecular weight is 269 g/mol. The van der Waals surface area contributed by atoms with Crippen molar-refractivity contribution in [1.82, 2.24) is 0 Å². The van der Waals surface area contributed by atoms with E-state index in [2.05, 4.69) is 19.1 Å². The summed E-state index contributed by atoms with van der Waals surface area (Å²) in [5.41, 5.74) is 3.36. The van der Waals surface area contributed by atoms with Gasteiger partial charge in [0.25, 0.3) is 0 Å². The van der Waals surface area contributed by atoms with Crippen LogP contribution in [-0.2, 0) is 5.75 Å². The molecule has 0 amide bonds. The molecule has 1 aliphatic heterocycles. The average Bonchev–Trinajstić information content (AvgIpc) is 2.57. The smallest absolute Gasteiger partial charge is 0.141 e. The maximum Gasteiger partial charge on any atom is 0.141 e. The zero-order valence-corrected chi connectivity index (χ0v) is 11.3. The van der Waals surface area contributed by atoms with Crippen molar-refractivity contribution in [2.75, 3.05) is 0 Å². The van der Waals surface area contributed by atoms with Crippen molar-refractivity contribution >= 4 is 11.8 Å². The quantitative estimate of drug-likeness (QED) is 0.705. The third-order valence-corrected chi connectivity index (χ3v) is 4.75. The van der Waals surface area contributed by atoms with Gasteiger partial charge in [0.1, 0.15) is 11.9 Å². The first-order chi connectivity index (χ1) is 9.22. The summed E-state index contributed by atoms with van der Waals surface area (Å²) in [5, 5.41) is 9.17. The Labute approximate surface area is 116 Å². The molecule has 1 atom stereocenters. The molecule has 0 N–H and O–H groups in total. The van der Waals surface area contributed by atoms with Crippen LogP contribution in [0.3, 0.4) is 0 Å². The Morgan fingerprint density at radius 1 is 1.21 bits per heavy atom. The second kappa shape index (κ2) is 4.71. The van der Waals surface area contributed by atoms with Crippen LogP contribution in [0.5, 0.6) is 0 Å². The lowest BCUT2D eigenvalue weighted by atomic mass is 9.88. The highest BCUT2D eigenvalue weighted by Gasteiger charge is 2.23. The van der Waals surface area contributed by atoms with Gasteiger partial charge in [-0.25, -0.2) is 4.39 Å². The minimum Gasteiger partial charge on any atom is -0.206 e. The number of halogens is 1. The highest BCUT2D eigenvalue weighted by molar-refractivity contribution is 7.98. The van der Waals surface area contributed by atoms with Crippen LogP contribution in [0.25, 0.3) is 0 Å². The Kier molecular flexibility index (Phi) is 3.04. The zero-order valence-electron chi connectivity index (χ0n) is 10.5. The normalized spacial score (nSPS) is 17.0. The van der Waals surface area contributed by atoms with Crippen LogP contribution in [0, 0.1) is 17.1 Å². The molecule has 0 saturated heterocycles. The number of nitrogens with zero attached hydrogens (tertiary/aromatic N) is 1. The van der Waals surface area contributed by atoms with E-state index in [-0.39, 0.29) is 11.5 Å². The van der Waals surface area contributed by atoms with Gasteiger partial charge in [0, 0.05) is 16.6 Å². The van der Waals surface area contributed by atoms with E-state index >= 15 is 0 Å². The number of hydrogen-bond acceptors (Lipinski definition) is 2. The fraction of sp³-hybridized carbons (Fsp3) is 0.188. The van der Waals surface area contributed by atoms with Gasteiger partial charge < -0.3 is 0 Å². The molecule has 1 aliphatic rings. The van der Waals surface area contributed by atoms with E-state index < -0.39 is 5.82 Å². The Morgan fingerprint density at radius 3 is 2.79 bits per heavy atom. The molecule has 0 aromatic heterocycles. The molecule has 0 aliphatic carbocycles. The Morgan fingerprint density at radius 2 is 2.00 bits per heavy atom. The molecule has 19 heavy (non-hydrogen) atoms. The SMILES string of the molecule is CC1c2ccccc2SCc2c1ccc(F)c2C#N. The summed E-state index contributed by atoms with van der Waals surface area (Å²) in [5.74, 6) is 0.422. The summed E-state index contributed by atoms with van der Waals surface area (Å²) in [6.45, 7) is 2.11.